The molecule has 1 aliphatic heterocycles. The van der Waals surface area contributed by atoms with E-state index >= 15 is 0 Å². The van der Waals surface area contributed by atoms with Crippen LogP contribution in [0.4, 0.5) is 0 Å². The molecule has 1 aromatic carbocycles. The van der Waals surface area contributed by atoms with E-state index in [1.807, 2.05) is 6.92 Å². The average molecular weight is 248 g/mol. The Morgan fingerprint density at radius 1 is 1.28 bits per heavy atom. The van der Waals surface area contributed by atoms with Crippen molar-refractivity contribution in [1.29, 1.82) is 0 Å². The van der Waals surface area contributed by atoms with E-state index in [-0.39, 0.29) is 0 Å². The molecule has 1 heterocycles. The monoisotopic (exact) mass is 248 g/mol. The summed E-state index contributed by atoms with van der Waals surface area (Å²) in [6, 6.07) is 6.84. The molecule has 0 unspecified atom stereocenters. The maximum atomic E-state index is 5.82. The molecule has 1 aromatic rings. The summed E-state index contributed by atoms with van der Waals surface area (Å²) in [5, 5.41) is 3.51. The summed E-state index contributed by atoms with van der Waals surface area (Å²) in [6.07, 6.45) is 0. The zero-order valence-electron chi connectivity index (χ0n) is 11.7. The SMILES string of the molecule is CCOc1cccc2c1[C@@H](N(CC)CC)CNC2. The van der Waals surface area contributed by atoms with Gasteiger partial charge in [-0.15, -0.1) is 0 Å². The molecule has 0 bridgehead atoms. The Kier molecular flexibility index (Phi) is 4.61. The molecule has 1 atom stereocenters. The molecular weight excluding hydrogens is 224 g/mol. The zero-order chi connectivity index (χ0) is 13.0. The Bertz CT molecular complexity index is 388. The maximum Gasteiger partial charge on any atom is 0.124 e. The van der Waals surface area contributed by atoms with Gasteiger partial charge >= 0.3 is 0 Å². The second-order valence-corrected chi connectivity index (χ2v) is 4.63. The molecule has 18 heavy (non-hydrogen) atoms. The number of ether oxygens (including phenoxy) is 1. The van der Waals surface area contributed by atoms with Crippen molar-refractivity contribution in [2.45, 2.75) is 33.4 Å². The van der Waals surface area contributed by atoms with Crippen LogP contribution in [0.15, 0.2) is 18.2 Å². The predicted molar refractivity (Wildman–Crippen MR) is 75.0 cm³/mol. The van der Waals surface area contributed by atoms with Gasteiger partial charge in [-0.1, -0.05) is 26.0 Å². The van der Waals surface area contributed by atoms with Crippen molar-refractivity contribution in [3.05, 3.63) is 29.3 Å². The third kappa shape index (κ3) is 2.52. The highest BCUT2D eigenvalue weighted by Gasteiger charge is 2.27. The highest BCUT2D eigenvalue weighted by molar-refractivity contribution is 5.44. The van der Waals surface area contributed by atoms with E-state index in [1.165, 1.54) is 11.1 Å². The molecule has 1 aliphatic rings. The van der Waals surface area contributed by atoms with Crippen LogP contribution in [0.5, 0.6) is 5.75 Å². The van der Waals surface area contributed by atoms with Gasteiger partial charge in [0.15, 0.2) is 0 Å². The van der Waals surface area contributed by atoms with Gasteiger partial charge in [0.2, 0.25) is 0 Å². The van der Waals surface area contributed by atoms with Crippen LogP contribution >= 0.6 is 0 Å². The Morgan fingerprint density at radius 2 is 2.06 bits per heavy atom. The molecule has 0 radical (unpaired) electrons. The van der Waals surface area contributed by atoms with Crippen LogP contribution in [-0.4, -0.2) is 31.1 Å². The first kappa shape index (κ1) is 13.4. The fourth-order valence-corrected chi connectivity index (χ4v) is 2.82. The van der Waals surface area contributed by atoms with Crippen molar-refractivity contribution in [3.8, 4) is 5.75 Å². The van der Waals surface area contributed by atoms with Crippen LogP contribution in [0.2, 0.25) is 0 Å². The van der Waals surface area contributed by atoms with Crippen LogP contribution < -0.4 is 10.1 Å². The van der Waals surface area contributed by atoms with Crippen molar-refractivity contribution in [2.24, 2.45) is 0 Å². The zero-order valence-corrected chi connectivity index (χ0v) is 11.7. The van der Waals surface area contributed by atoms with E-state index in [2.05, 4.69) is 42.3 Å². The first-order valence-electron chi connectivity index (χ1n) is 7.01. The minimum Gasteiger partial charge on any atom is -0.494 e. The molecule has 2 rings (SSSR count). The lowest BCUT2D eigenvalue weighted by Gasteiger charge is -2.36. The van der Waals surface area contributed by atoms with Gasteiger partial charge in [-0.05, 0) is 31.6 Å². The molecule has 0 fully saturated rings. The number of likely N-dealkylation sites (N-methyl/N-ethyl adjacent to an activating group) is 1. The van der Waals surface area contributed by atoms with Gasteiger partial charge in [-0.3, -0.25) is 4.90 Å². The lowest BCUT2D eigenvalue weighted by Crippen LogP contribution is -2.39. The third-order valence-electron chi connectivity index (χ3n) is 3.70. The molecule has 3 heteroatoms. The second kappa shape index (κ2) is 6.21. The van der Waals surface area contributed by atoms with Crippen LogP contribution in [0.1, 0.15) is 37.9 Å². The van der Waals surface area contributed by atoms with Crippen LogP contribution in [0.25, 0.3) is 0 Å². The molecule has 0 saturated carbocycles. The van der Waals surface area contributed by atoms with Crippen molar-refractivity contribution in [2.75, 3.05) is 26.2 Å². The Balaban J connectivity index is 2.39. The van der Waals surface area contributed by atoms with E-state index < -0.39 is 0 Å². The van der Waals surface area contributed by atoms with E-state index in [4.69, 9.17) is 4.74 Å². The third-order valence-corrected chi connectivity index (χ3v) is 3.70. The average Bonchev–Trinajstić information content (AvgIpc) is 2.41. The van der Waals surface area contributed by atoms with Gasteiger partial charge < -0.3 is 10.1 Å². The Hall–Kier alpha value is -1.06. The van der Waals surface area contributed by atoms with Gasteiger partial charge in [0.1, 0.15) is 5.75 Å². The summed E-state index contributed by atoms with van der Waals surface area (Å²) < 4.78 is 5.82. The van der Waals surface area contributed by atoms with E-state index in [0.29, 0.717) is 6.04 Å². The minimum atomic E-state index is 0.437. The highest BCUT2D eigenvalue weighted by atomic mass is 16.5. The molecule has 0 aromatic heterocycles. The Morgan fingerprint density at radius 3 is 2.72 bits per heavy atom. The summed E-state index contributed by atoms with van der Waals surface area (Å²) in [4.78, 5) is 2.49. The van der Waals surface area contributed by atoms with E-state index in [0.717, 1.165) is 38.5 Å². The number of hydrogen-bond acceptors (Lipinski definition) is 3. The van der Waals surface area contributed by atoms with Crippen molar-refractivity contribution < 1.29 is 4.74 Å². The standard InChI is InChI=1S/C15H24N2O/c1-4-17(5-2)13-11-16-10-12-8-7-9-14(15(12)13)18-6-3/h7-9,13,16H,4-6,10-11H2,1-3H3/t13-/m0/s1. The summed E-state index contributed by atoms with van der Waals surface area (Å²) >= 11 is 0. The summed E-state index contributed by atoms with van der Waals surface area (Å²) in [6.45, 7) is 11.3. The number of nitrogens with one attached hydrogen (secondary N) is 1. The maximum absolute atomic E-state index is 5.82. The van der Waals surface area contributed by atoms with Gasteiger partial charge in [0, 0.05) is 18.7 Å². The minimum absolute atomic E-state index is 0.437. The van der Waals surface area contributed by atoms with Crippen LogP contribution in [0, 0.1) is 0 Å². The number of nitrogens with zero attached hydrogens (tertiary/aromatic N) is 1. The normalized spacial score (nSPS) is 18.8. The molecule has 0 spiro atoms. The largest absolute Gasteiger partial charge is 0.494 e. The van der Waals surface area contributed by atoms with Gasteiger partial charge in [0.25, 0.3) is 0 Å². The smallest absolute Gasteiger partial charge is 0.124 e. The topological polar surface area (TPSA) is 24.5 Å². The van der Waals surface area contributed by atoms with E-state index in [9.17, 15) is 0 Å². The quantitative estimate of drug-likeness (QED) is 0.866. The molecule has 3 nitrogen and oxygen atoms in total. The molecule has 0 aliphatic carbocycles. The van der Waals surface area contributed by atoms with Gasteiger partial charge in [0.05, 0.1) is 12.6 Å². The lowest BCUT2D eigenvalue weighted by molar-refractivity contribution is 0.198. The molecular formula is C15H24N2O. The fourth-order valence-electron chi connectivity index (χ4n) is 2.82. The first-order valence-corrected chi connectivity index (χ1v) is 7.01. The number of rotatable bonds is 5. The first-order chi connectivity index (χ1) is 8.81. The summed E-state index contributed by atoms with van der Waals surface area (Å²) in [5.74, 6) is 1.06. The molecule has 0 saturated heterocycles. The summed E-state index contributed by atoms with van der Waals surface area (Å²) in [7, 11) is 0. The fraction of sp³-hybridized carbons (Fsp3) is 0.600. The van der Waals surface area contributed by atoms with Crippen molar-refractivity contribution in [1.82, 2.24) is 10.2 Å². The lowest BCUT2D eigenvalue weighted by atomic mass is 9.94. The van der Waals surface area contributed by atoms with Gasteiger partial charge in [-0.25, -0.2) is 0 Å². The van der Waals surface area contributed by atoms with Crippen LogP contribution in [0.3, 0.4) is 0 Å². The number of fused-ring (bicyclic) bond motifs is 1. The molecule has 100 valence electrons. The van der Waals surface area contributed by atoms with E-state index in [1.54, 1.807) is 0 Å². The second-order valence-electron chi connectivity index (χ2n) is 4.63. The molecule has 0 amide bonds. The highest BCUT2D eigenvalue weighted by Crippen LogP contribution is 2.34. The van der Waals surface area contributed by atoms with Crippen molar-refractivity contribution in [3.63, 3.8) is 0 Å². The van der Waals surface area contributed by atoms with Gasteiger partial charge in [-0.2, -0.15) is 0 Å². The number of benzene rings is 1. The van der Waals surface area contributed by atoms with Crippen molar-refractivity contribution >= 4 is 0 Å². The number of hydrogen-bond donors (Lipinski definition) is 1. The summed E-state index contributed by atoms with van der Waals surface area (Å²) in [5.41, 5.74) is 2.77. The molecule has 1 N–H and O–H groups in total. The van der Waals surface area contributed by atoms with Crippen LogP contribution in [-0.2, 0) is 6.54 Å². The predicted octanol–water partition coefficient (Wildman–Crippen LogP) is 2.57. The Labute approximate surface area is 110 Å².